The van der Waals surface area contributed by atoms with E-state index < -0.39 is 9.84 Å². The van der Waals surface area contributed by atoms with E-state index in [4.69, 9.17) is 9.15 Å². The van der Waals surface area contributed by atoms with Crippen LogP contribution in [0.4, 0.5) is 0 Å². The van der Waals surface area contributed by atoms with Crippen LogP contribution in [0.15, 0.2) is 51.8 Å². The molecule has 134 valence electrons. The van der Waals surface area contributed by atoms with E-state index in [9.17, 15) is 13.2 Å². The number of furan rings is 1. The van der Waals surface area contributed by atoms with Crippen LogP contribution < -0.4 is 0 Å². The molecule has 1 aliphatic heterocycles. The van der Waals surface area contributed by atoms with Crippen molar-refractivity contribution in [2.24, 2.45) is 0 Å². The van der Waals surface area contributed by atoms with Crippen molar-refractivity contribution in [3.05, 3.63) is 54.0 Å². The van der Waals surface area contributed by atoms with Gasteiger partial charge in [-0.15, -0.1) is 0 Å². The summed E-state index contributed by atoms with van der Waals surface area (Å²) >= 11 is 0. The standard InChI is InChI=1S/C18H21NO5S/c1-13-10-19(11-14(2)23-13)18(20)17-9-8-15(24-17)12-25(21,22)16-6-4-3-5-7-16/h3-9,13-14H,10-12H2,1-2H3. The number of carbonyl (C=O) groups is 1. The Labute approximate surface area is 147 Å². The van der Waals surface area contributed by atoms with E-state index in [1.807, 2.05) is 13.8 Å². The zero-order chi connectivity index (χ0) is 18.0. The Kier molecular flexibility index (Phi) is 4.96. The zero-order valence-electron chi connectivity index (χ0n) is 14.2. The van der Waals surface area contributed by atoms with E-state index in [2.05, 4.69) is 0 Å². The number of amides is 1. The van der Waals surface area contributed by atoms with Crippen LogP contribution in [0.5, 0.6) is 0 Å². The maximum Gasteiger partial charge on any atom is 0.289 e. The number of hydrogen-bond acceptors (Lipinski definition) is 5. The molecule has 1 amide bonds. The van der Waals surface area contributed by atoms with Crippen LogP contribution in [0, 0.1) is 0 Å². The summed E-state index contributed by atoms with van der Waals surface area (Å²) in [5.41, 5.74) is 0. The average molecular weight is 363 g/mol. The molecular weight excluding hydrogens is 342 g/mol. The van der Waals surface area contributed by atoms with Crippen LogP contribution in [0.3, 0.4) is 0 Å². The van der Waals surface area contributed by atoms with Crippen LogP contribution >= 0.6 is 0 Å². The lowest BCUT2D eigenvalue weighted by Gasteiger charge is -2.34. The topological polar surface area (TPSA) is 76.8 Å². The molecule has 25 heavy (non-hydrogen) atoms. The summed E-state index contributed by atoms with van der Waals surface area (Å²) in [4.78, 5) is 14.5. The van der Waals surface area contributed by atoms with Gasteiger partial charge in [-0.1, -0.05) is 18.2 Å². The molecule has 7 heteroatoms. The quantitative estimate of drug-likeness (QED) is 0.834. The van der Waals surface area contributed by atoms with Crippen molar-refractivity contribution in [2.75, 3.05) is 13.1 Å². The van der Waals surface area contributed by atoms with E-state index in [0.29, 0.717) is 13.1 Å². The third-order valence-electron chi connectivity index (χ3n) is 4.01. The van der Waals surface area contributed by atoms with Gasteiger partial charge in [0, 0.05) is 13.1 Å². The van der Waals surface area contributed by atoms with Gasteiger partial charge in [0.05, 0.1) is 17.1 Å². The first-order valence-electron chi connectivity index (χ1n) is 8.16. The third-order valence-corrected chi connectivity index (χ3v) is 5.67. The highest BCUT2D eigenvalue weighted by molar-refractivity contribution is 7.90. The van der Waals surface area contributed by atoms with Gasteiger partial charge < -0.3 is 14.1 Å². The monoisotopic (exact) mass is 363 g/mol. The Bertz CT molecular complexity index is 833. The summed E-state index contributed by atoms with van der Waals surface area (Å²) in [5.74, 6) is -0.119. The first-order valence-corrected chi connectivity index (χ1v) is 9.81. The maximum absolute atomic E-state index is 12.6. The van der Waals surface area contributed by atoms with Gasteiger partial charge in [-0.25, -0.2) is 8.42 Å². The zero-order valence-corrected chi connectivity index (χ0v) is 15.0. The first-order chi connectivity index (χ1) is 11.8. The van der Waals surface area contributed by atoms with Gasteiger partial charge in [0.25, 0.3) is 5.91 Å². The van der Waals surface area contributed by atoms with Crippen LogP contribution in [-0.2, 0) is 20.3 Å². The summed E-state index contributed by atoms with van der Waals surface area (Å²) in [6, 6.07) is 11.3. The fourth-order valence-corrected chi connectivity index (χ4v) is 4.24. The molecule has 0 N–H and O–H groups in total. The van der Waals surface area contributed by atoms with Gasteiger partial charge in [0.15, 0.2) is 15.6 Å². The molecule has 0 bridgehead atoms. The largest absolute Gasteiger partial charge is 0.455 e. The van der Waals surface area contributed by atoms with Crippen LogP contribution in [0.25, 0.3) is 0 Å². The summed E-state index contributed by atoms with van der Waals surface area (Å²) in [7, 11) is -3.51. The minimum Gasteiger partial charge on any atom is -0.455 e. The van der Waals surface area contributed by atoms with E-state index in [-0.39, 0.29) is 40.3 Å². The molecule has 0 spiro atoms. The molecule has 2 atom stereocenters. The second-order valence-corrected chi connectivity index (χ2v) is 8.30. The predicted octanol–water partition coefficient (Wildman–Crippen LogP) is 2.50. The van der Waals surface area contributed by atoms with Crippen LogP contribution in [0.1, 0.15) is 30.2 Å². The molecule has 2 unspecified atom stereocenters. The fraction of sp³-hybridized carbons (Fsp3) is 0.389. The second-order valence-electron chi connectivity index (χ2n) is 6.31. The van der Waals surface area contributed by atoms with Crippen molar-refractivity contribution in [3.8, 4) is 0 Å². The first kappa shape index (κ1) is 17.7. The Hall–Kier alpha value is -2.12. The summed E-state index contributed by atoms with van der Waals surface area (Å²) < 4.78 is 35.9. The van der Waals surface area contributed by atoms with Crippen molar-refractivity contribution in [1.29, 1.82) is 0 Å². The molecule has 3 rings (SSSR count). The van der Waals surface area contributed by atoms with Crippen molar-refractivity contribution >= 4 is 15.7 Å². The lowest BCUT2D eigenvalue weighted by Crippen LogP contribution is -2.48. The predicted molar refractivity (Wildman–Crippen MR) is 92.0 cm³/mol. The average Bonchev–Trinajstić information content (AvgIpc) is 3.02. The van der Waals surface area contributed by atoms with Gasteiger partial charge in [-0.05, 0) is 38.1 Å². The van der Waals surface area contributed by atoms with Crippen LogP contribution in [-0.4, -0.2) is 44.5 Å². The number of hydrogen-bond donors (Lipinski definition) is 0. The van der Waals surface area contributed by atoms with Gasteiger partial charge in [-0.3, -0.25) is 4.79 Å². The van der Waals surface area contributed by atoms with Gasteiger partial charge in [0.2, 0.25) is 0 Å². The molecule has 0 radical (unpaired) electrons. The maximum atomic E-state index is 12.6. The van der Waals surface area contributed by atoms with Crippen molar-refractivity contribution in [1.82, 2.24) is 4.90 Å². The number of nitrogens with zero attached hydrogens (tertiary/aromatic N) is 1. The lowest BCUT2D eigenvalue weighted by atomic mass is 10.2. The van der Waals surface area contributed by atoms with E-state index in [1.54, 1.807) is 41.3 Å². The smallest absolute Gasteiger partial charge is 0.289 e. The summed E-state index contributed by atoms with van der Waals surface area (Å²) in [6.45, 7) is 4.80. The molecule has 1 saturated heterocycles. The van der Waals surface area contributed by atoms with Crippen LogP contribution in [0.2, 0.25) is 0 Å². The molecule has 6 nitrogen and oxygen atoms in total. The molecule has 2 heterocycles. The molecule has 2 aromatic rings. The highest BCUT2D eigenvalue weighted by Gasteiger charge is 2.28. The summed E-state index contributed by atoms with van der Waals surface area (Å²) in [6.07, 6.45) is -0.0822. The normalized spacial score (nSPS) is 21.3. The lowest BCUT2D eigenvalue weighted by molar-refractivity contribution is -0.0592. The molecular formula is C18H21NO5S. The van der Waals surface area contributed by atoms with Crippen molar-refractivity contribution in [3.63, 3.8) is 0 Å². The van der Waals surface area contributed by atoms with Gasteiger partial charge in [0.1, 0.15) is 11.5 Å². The molecule has 1 aromatic carbocycles. The Balaban J connectivity index is 1.73. The Morgan fingerprint density at radius 1 is 1.08 bits per heavy atom. The number of carbonyl (C=O) groups excluding carboxylic acids is 1. The second kappa shape index (κ2) is 7.01. The molecule has 0 aliphatic carbocycles. The minimum absolute atomic E-state index is 0.0411. The van der Waals surface area contributed by atoms with Crippen molar-refractivity contribution in [2.45, 2.75) is 36.7 Å². The number of sulfone groups is 1. The van der Waals surface area contributed by atoms with E-state index in [0.717, 1.165) is 0 Å². The van der Waals surface area contributed by atoms with E-state index in [1.165, 1.54) is 6.07 Å². The minimum atomic E-state index is -3.51. The number of ether oxygens (including phenoxy) is 1. The molecule has 1 fully saturated rings. The third kappa shape index (κ3) is 4.11. The molecule has 1 aliphatic rings. The molecule has 0 saturated carbocycles. The number of benzene rings is 1. The Morgan fingerprint density at radius 2 is 1.72 bits per heavy atom. The number of rotatable bonds is 4. The van der Waals surface area contributed by atoms with Crippen molar-refractivity contribution < 1.29 is 22.4 Å². The molecule has 1 aromatic heterocycles. The fourth-order valence-electron chi connectivity index (χ4n) is 2.97. The van der Waals surface area contributed by atoms with Gasteiger partial charge in [-0.2, -0.15) is 0 Å². The highest BCUT2D eigenvalue weighted by atomic mass is 32.2. The summed E-state index contributed by atoms with van der Waals surface area (Å²) in [5, 5.41) is 0. The number of morpholine rings is 1. The van der Waals surface area contributed by atoms with E-state index >= 15 is 0 Å². The highest BCUT2D eigenvalue weighted by Crippen LogP contribution is 2.20. The van der Waals surface area contributed by atoms with Gasteiger partial charge >= 0.3 is 0 Å². The SMILES string of the molecule is CC1CN(C(=O)c2ccc(CS(=O)(=O)c3ccccc3)o2)CC(C)O1. The Morgan fingerprint density at radius 3 is 2.36 bits per heavy atom.